The maximum Gasteiger partial charge on any atom is 0.265 e. The van der Waals surface area contributed by atoms with Crippen LogP contribution in [0, 0.1) is 5.82 Å². The molecule has 1 aromatic rings. The van der Waals surface area contributed by atoms with Gasteiger partial charge in [0.25, 0.3) is 5.91 Å². The first-order valence-electron chi connectivity index (χ1n) is 8.61. The van der Waals surface area contributed by atoms with Crippen molar-refractivity contribution in [1.29, 1.82) is 0 Å². The lowest BCUT2D eigenvalue weighted by Gasteiger charge is -2.35. The second-order valence-electron chi connectivity index (χ2n) is 6.41. The lowest BCUT2D eigenvalue weighted by molar-refractivity contribution is -0.202. The molecule has 0 spiro atoms. The molecule has 26 heavy (non-hydrogen) atoms. The summed E-state index contributed by atoms with van der Waals surface area (Å²) in [6, 6.07) is 4.45. The number of amides is 1. The number of carbonyl (C=O) groups is 1. The van der Waals surface area contributed by atoms with E-state index in [2.05, 4.69) is 5.48 Å². The van der Waals surface area contributed by atoms with Crippen molar-refractivity contribution in [1.82, 2.24) is 5.48 Å². The molecule has 1 amide bonds. The molecule has 2 aliphatic heterocycles. The average molecular weight is 387 g/mol. The van der Waals surface area contributed by atoms with E-state index in [1.54, 1.807) is 0 Å². The van der Waals surface area contributed by atoms with Gasteiger partial charge in [-0.05, 0) is 49.9 Å². The molecule has 1 atom stereocenters. The summed E-state index contributed by atoms with van der Waals surface area (Å²) in [7, 11) is -4.07. The van der Waals surface area contributed by atoms with Gasteiger partial charge >= 0.3 is 0 Å². The van der Waals surface area contributed by atoms with Gasteiger partial charge in [-0.2, -0.15) is 0 Å². The van der Waals surface area contributed by atoms with E-state index in [1.807, 2.05) is 0 Å². The zero-order chi connectivity index (χ0) is 18.6. The molecule has 1 N–H and O–H groups in total. The SMILES string of the molecule is O=C(NOC1CCCCO1)C1(S(=O)(=O)c2ccc(F)cc2)CCOCC1. The average Bonchev–Trinajstić information content (AvgIpc) is 2.67. The summed E-state index contributed by atoms with van der Waals surface area (Å²) >= 11 is 0. The van der Waals surface area contributed by atoms with E-state index in [1.165, 1.54) is 12.1 Å². The third-order valence-corrected chi connectivity index (χ3v) is 7.29. The van der Waals surface area contributed by atoms with Crippen LogP contribution in [0.5, 0.6) is 0 Å². The van der Waals surface area contributed by atoms with Gasteiger partial charge in [0.2, 0.25) is 0 Å². The number of benzene rings is 1. The zero-order valence-corrected chi connectivity index (χ0v) is 15.1. The Hall–Kier alpha value is -1.55. The maximum atomic E-state index is 13.2. The van der Waals surface area contributed by atoms with Crippen LogP contribution >= 0.6 is 0 Å². The normalized spacial score (nSPS) is 23.3. The smallest absolute Gasteiger partial charge is 0.265 e. The molecular formula is C17H22FNO6S. The maximum absolute atomic E-state index is 13.2. The van der Waals surface area contributed by atoms with E-state index in [-0.39, 0.29) is 31.0 Å². The lowest BCUT2D eigenvalue weighted by atomic mass is 9.98. The van der Waals surface area contributed by atoms with Crippen molar-refractivity contribution in [3.63, 3.8) is 0 Å². The topological polar surface area (TPSA) is 90.9 Å². The van der Waals surface area contributed by atoms with Crippen LogP contribution in [0.3, 0.4) is 0 Å². The van der Waals surface area contributed by atoms with Gasteiger partial charge in [-0.25, -0.2) is 23.1 Å². The number of nitrogens with one attached hydrogen (secondary N) is 1. The Balaban J connectivity index is 1.83. The van der Waals surface area contributed by atoms with Crippen molar-refractivity contribution in [2.24, 2.45) is 0 Å². The van der Waals surface area contributed by atoms with Crippen LogP contribution in [-0.4, -0.2) is 45.2 Å². The quantitative estimate of drug-likeness (QED) is 0.611. The number of hydrogen-bond donors (Lipinski definition) is 1. The Morgan fingerprint density at radius 1 is 1.15 bits per heavy atom. The number of ether oxygens (including phenoxy) is 2. The first kappa shape index (κ1) is 19.2. The minimum atomic E-state index is -4.07. The van der Waals surface area contributed by atoms with Crippen LogP contribution in [0.15, 0.2) is 29.2 Å². The predicted octanol–water partition coefficient (Wildman–Crippen LogP) is 1.72. The molecule has 9 heteroatoms. The zero-order valence-electron chi connectivity index (χ0n) is 14.3. The number of rotatable bonds is 5. The van der Waals surface area contributed by atoms with Crippen LogP contribution in [0.25, 0.3) is 0 Å². The molecule has 0 aromatic heterocycles. The summed E-state index contributed by atoms with van der Waals surface area (Å²) in [5.74, 6) is -1.30. The van der Waals surface area contributed by atoms with Gasteiger partial charge in [0.05, 0.1) is 4.90 Å². The summed E-state index contributed by atoms with van der Waals surface area (Å²) in [5.41, 5.74) is 2.28. The molecule has 0 saturated carbocycles. The molecule has 7 nitrogen and oxygen atoms in total. The van der Waals surface area contributed by atoms with Gasteiger partial charge in [0.1, 0.15) is 5.82 Å². The lowest BCUT2D eigenvalue weighted by Crippen LogP contribution is -2.56. The first-order valence-corrected chi connectivity index (χ1v) is 10.1. The van der Waals surface area contributed by atoms with E-state index in [4.69, 9.17) is 14.3 Å². The number of hydrogen-bond acceptors (Lipinski definition) is 6. The second kappa shape index (κ2) is 7.99. The van der Waals surface area contributed by atoms with Gasteiger partial charge in [0.15, 0.2) is 20.9 Å². The monoisotopic (exact) mass is 387 g/mol. The number of sulfone groups is 1. The molecule has 2 saturated heterocycles. The Bertz CT molecular complexity index is 724. The molecular weight excluding hydrogens is 365 g/mol. The Kier molecular flexibility index (Phi) is 5.91. The third-order valence-electron chi connectivity index (χ3n) is 4.77. The van der Waals surface area contributed by atoms with Crippen molar-refractivity contribution in [3.8, 4) is 0 Å². The van der Waals surface area contributed by atoms with Gasteiger partial charge in [-0.3, -0.25) is 4.79 Å². The van der Waals surface area contributed by atoms with E-state index in [0.29, 0.717) is 13.0 Å². The van der Waals surface area contributed by atoms with Gasteiger partial charge in [0, 0.05) is 26.2 Å². The summed E-state index contributed by atoms with van der Waals surface area (Å²) in [4.78, 5) is 18.0. The first-order chi connectivity index (χ1) is 12.5. The van der Waals surface area contributed by atoms with Gasteiger partial charge in [-0.1, -0.05) is 0 Å². The fourth-order valence-corrected chi connectivity index (χ4v) is 5.11. The van der Waals surface area contributed by atoms with Gasteiger partial charge in [-0.15, -0.1) is 0 Å². The summed E-state index contributed by atoms with van der Waals surface area (Å²) in [6.07, 6.45) is 1.86. The van der Waals surface area contributed by atoms with Crippen molar-refractivity contribution >= 4 is 15.7 Å². The molecule has 1 unspecified atom stereocenters. The molecule has 0 radical (unpaired) electrons. The van der Waals surface area contributed by atoms with Gasteiger partial charge < -0.3 is 9.47 Å². The molecule has 0 aliphatic carbocycles. The molecule has 144 valence electrons. The highest BCUT2D eigenvalue weighted by molar-refractivity contribution is 7.93. The highest BCUT2D eigenvalue weighted by Gasteiger charge is 2.52. The summed E-state index contributed by atoms with van der Waals surface area (Å²) < 4.78 is 48.4. The van der Waals surface area contributed by atoms with Crippen LogP contribution in [-0.2, 0) is 28.9 Å². The van der Waals surface area contributed by atoms with Crippen LogP contribution in [0.2, 0.25) is 0 Å². The van der Waals surface area contributed by atoms with E-state index >= 15 is 0 Å². The van der Waals surface area contributed by atoms with E-state index in [9.17, 15) is 17.6 Å². The van der Waals surface area contributed by atoms with Crippen LogP contribution in [0.4, 0.5) is 4.39 Å². The number of halogens is 1. The predicted molar refractivity (Wildman–Crippen MR) is 89.2 cm³/mol. The minimum absolute atomic E-state index is 0.00652. The largest absolute Gasteiger partial charge is 0.381 e. The van der Waals surface area contributed by atoms with Crippen molar-refractivity contribution in [2.45, 2.75) is 48.0 Å². The van der Waals surface area contributed by atoms with Crippen LogP contribution < -0.4 is 5.48 Å². The highest BCUT2D eigenvalue weighted by atomic mass is 32.2. The highest BCUT2D eigenvalue weighted by Crippen LogP contribution is 2.35. The molecule has 2 fully saturated rings. The Morgan fingerprint density at radius 3 is 2.46 bits per heavy atom. The number of hydroxylamine groups is 1. The fourth-order valence-electron chi connectivity index (χ4n) is 3.17. The molecule has 1 aromatic carbocycles. The van der Waals surface area contributed by atoms with Crippen LogP contribution in [0.1, 0.15) is 32.1 Å². The third kappa shape index (κ3) is 3.75. The molecule has 2 heterocycles. The van der Waals surface area contributed by atoms with E-state index < -0.39 is 32.6 Å². The fraction of sp³-hybridized carbons (Fsp3) is 0.588. The van der Waals surface area contributed by atoms with Crippen molar-refractivity contribution < 1.29 is 31.9 Å². The Morgan fingerprint density at radius 2 is 1.85 bits per heavy atom. The summed E-state index contributed by atoms with van der Waals surface area (Å²) in [5, 5.41) is 0. The number of carbonyl (C=O) groups excluding carboxylic acids is 1. The summed E-state index contributed by atoms with van der Waals surface area (Å²) in [6.45, 7) is 0.801. The molecule has 3 rings (SSSR count). The molecule has 0 bridgehead atoms. The van der Waals surface area contributed by atoms with E-state index in [0.717, 1.165) is 25.0 Å². The second-order valence-corrected chi connectivity index (χ2v) is 8.67. The standard InChI is InChI=1S/C17H22FNO6S/c18-13-4-6-14(7-5-13)26(21,22)17(8-11-23-12-9-17)16(20)19-25-15-3-1-2-10-24-15/h4-7,15H,1-3,8-12H2,(H,19,20). The van der Waals surface area contributed by atoms with Crippen molar-refractivity contribution in [3.05, 3.63) is 30.1 Å². The molecule has 2 aliphatic rings. The Labute approximate surface area is 151 Å². The van der Waals surface area contributed by atoms with Crippen molar-refractivity contribution in [2.75, 3.05) is 19.8 Å². The minimum Gasteiger partial charge on any atom is -0.381 e.